The van der Waals surface area contributed by atoms with Gasteiger partial charge in [0.1, 0.15) is 0 Å². The Bertz CT molecular complexity index is 593. The molecular formula is C11H17N5O. The Labute approximate surface area is 98.9 Å². The van der Waals surface area contributed by atoms with Gasteiger partial charge in [-0.15, -0.1) is 0 Å². The van der Waals surface area contributed by atoms with Crippen molar-refractivity contribution >= 4 is 17.1 Å². The van der Waals surface area contributed by atoms with Gasteiger partial charge in [0.05, 0.1) is 6.33 Å². The van der Waals surface area contributed by atoms with E-state index in [2.05, 4.69) is 35.7 Å². The van der Waals surface area contributed by atoms with Gasteiger partial charge >= 0.3 is 0 Å². The molecule has 92 valence electrons. The van der Waals surface area contributed by atoms with Crippen LogP contribution in [0.5, 0.6) is 0 Å². The third-order valence-electron chi connectivity index (χ3n) is 3.53. The number of aromatic nitrogens is 4. The summed E-state index contributed by atoms with van der Waals surface area (Å²) in [6, 6.07) is 0. The Morgan fingerprint density at radius 1 is 1.47 bits per heavy atom. The first-order valence-electron chi connectivity index (χ1n) is 5.75. The predicted molar refractivity (Wildman–Crippen MR) is 66.8 cm³/mol. The number of fused-ring (bicyclic) bond motifs is 1. The number of nitrogens with two attached hydrogens (primary N) is 1. The second-order valence-electron chi connectivity index (χ2n) is 4.44. The van der Waals surface area contributed by atoms with E-state index in [1.54, 1.807) is 6.33 Å². The van der Waals surface area contributed by atoms with E-state index in [9.17, 15) is 4.79 Å². The maximum absolute atomic E-state index is 11.7. The van der Waals surface area contributed by atoms with Crippen LogP contribution in [0.1, 0.15) is 33.6 Å². The number of nitrogens with zero attached hydrogens (tertiary/aromatic N) is 3. The molecule has 0 aliphatic carbocycles. The summed E-state index contributed by atoms with van der Waals surface area (Å²) in [5.41, 5.74) is 6.08. The van der Waals surface area contributed by atoms with Crippen molar-refractivity contribution in [3.63, 3.8) is 0 Å². The van der Waals surface area contributed by atoms with Crippen molar-refractivity contribution in [2.45, 2.75) is 39.2 Å². The van der Waals surface area contributed by atoms with Crippen molar-refractivity contribution in [1.82, 2.24) is 19.5 Å². The number of aromatic amines is 1. The molecule has 0 aliphatic heterocycles. The molecule has 0 fully saturated rings. The molecule has 6 nitrogen and oxygen atoms in total. The molecule has 17 heavy (non-hydrogen) atoms. The molecule has 0 aromatic carbocycles. The number of nitrogen functional groups attached to an aromatic ring is 1. The summed E-state index contributed by atoms with van der Waals surface area (Å²) in [5, 5.41) is 0. The van der Waals surface area contributed by atoms with E-state index < -0.39 is 0 Å². The molecule has 2 aromatic rings. The molecule has 0 aliphatic rings. The molecule has 2 heterocycles. The van der Waals surface area contributed by atoms with E-state index in [1.807, 2.05) is 4.57 Å². The number of H-pyrrole nitrogens is 1. The molecule has 0 saturated carbocycles. The van der Waals surface area contributed by atoms with Crippen LogP contribution < -0.4 is 11.3 Å². The smallest absolute Gasteiger partial charge is 0.280 e. The van der Waals surface area contributed by atoms with Gasteiger partial charge in [-0.1, -0.05) is 13.8 Å². The van der Waals surface area contributed by atoms with Crippen LogP contribution in [0.25, 0.3) is 11.2 Å². The Morgan fingerprint density at radius 2 is 2.12 bits per heavy atom. The molecule has 0 atom stereocenters. The van der Waals surface area contributed by atoms with Gasteiger partial charge < -0.3 is 10.3 Å². The third-order valence-corrected chi connectivity index (χ3v) is 3.53. The van der Waals surface area contributed by atoms with E-state index >= 15 is 0 Å². The van der Waals surface area contributed by atoms with Crippen LogP contribution in [0.15, 0.2) is 11.1 Å². The highest BCUT2D eigenvalue weighted by Gasteiger charge is 2.25. The minimum Gasteiger partial charge on any atom is -0.369 e. The van der Waals surface area contributed by atoms with Crippen LogP contribution in [-0.2, 0) is 5.54 Å². The zero-order valence-electron chi connectivity index (χ0n) is 10.3. The number of hydrogen-bond acceptors (Lipinski definition) is 4. The summed E-state index contributed by atoms with van der Waals surface area (Å²) in [7, 11) is 0. The Morgan fingerprint density at radius 3 is 2.71 bits per heavy atom. The first kappa shape index (κ1) is 11.6. The lowest BCUT2D eigenvalue weighted by Crippen LogP contribution is -2.28. The molecule has 0 amide bonds. The lowest BCUT2D eigenvalue weighted by atomic mass is 9.95. The van der Waals surface area contributed by atoms with E-state index in [-0.39, 0.29) is 17.0 Å². The number of nitrogens with one attached hydrogen (secondary N) is 1. The average Bonchev–Trinajstić information content (AvgIpc) is 2.72. The first-order chi connectivity index (χ1) is 8.01. The van der Waals surface area contributed by atoms with Crippen molar-refractivity contribution in [2.24, 2.45) is 0 Å². The van der Waals surface area contributed by atoms with Crippen molar-refractivity contribution in [3.05, 3.63) is 16.7 Å². The number of anilines is 1. The Balaban J connectivity index is 2.76. The van der Waals surface area contributed by atoms with Crippen molar-refractivity contribution in [1.29, 1.82) is 0 Å². The molecule has 0 spiro atoms. The monoisotopic (exact) mass is 235 g/mol. The van der Waals surface area contributed by atoms with Crippen LogP contribution in [0.2, 0.25) is 0 Å². The predicted octanol–water partition coefficient (Wildman–Crippen LogP) is 1.24. The number of imidazole rings is 1. The van der Waals surface area contributed by atoms with E-state index in [1.165, 1.54) is 0 Å². The van der Waals surface area contributed by atoms with Gasteiger partial charge in [-0.2, -0.15) is 4.98 Å². The SMILES string of the molecule is CCC(C)(CC)n1cnc2c(=O)[nH]c(N)nc21. The van der Waals surface area contributed by atoms with Gasteiger partial charge in [0, 0.05) is 5.54 Å². The van der Waals surface area contributed by atoms with Crippen molar-refractivity contribution in [3.8, 4) is 0 Å². The van der Waals surface area contributed by atoms with E-state index in [0.29, 0.717) is 11.2 Å². The first-order valence-corrected chi connectivity index (χ1v) is 5.75. The maximum atomic E-state index is 11.7. The number of hydrogen-bond donors (Lipinski definition) is 2. The molecule has 6 heteroatoms. The molecule has 0 radical (unpaired) electrons. The average molecular weight is 235 g/mol. The van der Waals surface area contributed by atoms with Crippen LogP contribution in [0.4, 0.5) is 5.95 Å². The van der Waals surface area contributed by atoms with Gasteiger partial charge in [0.15, 0.2) is 11.2 Å². The van der Waals surface area contributed by atoms with Gasteiger partial charge in [-0.25, -0.2) is 4.98 Å². The second kappa shape index (κ2) is 3.87. The quantitative estimate of drug-likeness (QED) is 0.837. The van der Waals surface area contributed by atoms with Gasteiger partial charge in [-0.05, 0) is 19.8 Å². The zero-order chi connectivity index (χ0) is 12.6. The van der Waals surface area contributed by atoms with Gasteiger partial charge in [-0.3, -0.25) is 9.78 Å². The molecule has 0 unspecified atom stereocenters. The molecule has 0 bridgehead atoms. The maximum Gasteiger partial charge on any atom is 0.280 e. The summed E-state index contributed by atoms with van der Waals surface area (Å²) < 4.78 is 1.94. The lowest BCUT2D eigenvalue weighted by Gasteiger charge is -2.28. The Hall–Kier alpha value is -1.85. The van der Waals surface area contributed by atoms with Crippen LogP contribution in [-0.4, -0.2) is 19.5 Å². The van der Waals surface area contributed by atoms with E-state index in [4.69, 9.17) is 5.73 Å². The standard InChI is InChI=1S/C11H17N5O/c1-4-11(3,5-2)16-6-13-7-8(16)14-10(12)15-9(7)17/h6H,4-5H2,1-3H3,(H3,12,14,15,17). The van der Waals surface area contributed by atoms with Gasteiger partial charge in [0.2, 0.25) is 5.95 Å². The minimum atomic E-state index is -0.291. The fourth-order valence-electron chi connectivity index (χ4n) is 1.91. The highest BCUT2D eigenvalue weighted by atomic mass is 16.1. The summed E-state index contributed by atoms with van der Waals surface area (Å²) >= 11 is 0. The fraction of sp³-hybridized carbons (Fsp3) is 0.545. The Kier molecular flexibility index (Phi) is 2.65. The fourth-order valence-corrected chi connectivity index (χ4v) is 1.91. The molecular weight excluding hydrogens is 218 g/mol. The second-order valence-corrected chi connectivity index (χ2v) is 4.44. The third kappa shape index (κ3) is 1.69. The normalized spacial score (nSPS) is 12.2. The van der Waals surface area contributed by atoms with Gasteiger partial charge in [0.25, 0.3) is 5.56 Å². The van der Waals surface area contributed by atoms with Crippen LogP contribution in [0, 0.1) is 0 Å². The van der Waals surface area contributed by atoms with Crippen molar-refractivity contribution < 1.29 is 0 Å². The van der Waals surface area contributed by atoms with Crippen LogP contribution in [0.3, 0.4) is 0 Å². The molecule has 2 aromatic heterocycles. The highest BCUT2D eigenvalue weighted by Crippen LogP contribution is 2.26. The largest absolute Gasteiger partial charge is 0.369 e. The number of rotatable bonds is 3. The minimum absolute atomic E-state index is 0.0953. The summed E-state index contributed by atoms with van der Waals surface area (Å²) in [6.07, 6.45) is 3.53. The lowest BCUT2D eigenvalue weighted by molar-refractivity contribution is 0.301. The molecule has 2 rings (SSSR count). The van der Waals surface area contributed by atoms with Crippen LogP contribution >= 0.6 is 0 Å². The zero-order valence-corrected chi connectivity index (χ0v) is 10.3. The molecule has 0 saturated heterocycles. The highest BCUT2D eigenvalue weighted by molar-refractivity contribution is 5.70. The van der Waals surface area contributed by atoms with E-state index in [0.717, 1.165) is 12.8 Å². The summed E-state index contributed by atoms with van der Waals surface area (Å²) in [4.78, 5) is 22.4. The van der Waals surface area contributed by atoms with Crippen molar-refractivity contribution in [2.75, 3.05) is 5.73 Å². The summed E-state index contributed by atoms with van der Waals surface area (Å²) in [6.45, 7) is 6.32. The molecule has 3 N–H and O–H groups in total. The topological polar surface area (TPSA) is 89.6 Å². The summed E-state index contributed by atoms with van der Waals surface area (Å²) in [5.74, 6) is 0.124.